The van der Waals surface area contributed by atoms with Gasteiger partial charge in [0.1, 0.15) is 11.3 Å². The molecule has 1 saturated heterocycles. The lowest BCUT2D eigenvalue weighted by Gasteiger charge is -2.33. The Balaban J connectivity index is 1.29. The van der Waals surface area contributed by atoms with E-state index in [1.807, 2.05) is 54.6 Å². The second-order valence-electron chi connectivity index (χ2n) is 9.43. The lowest BCUT2D eigenvalue weighted by Crippen LogP contribution is -2.47. The third-order valence-corrected chi connectivity index (χ3v) is 7.41. The highest BCUT2D eigenvalue weighted by Crippen LogP contribution is 2.41. The summed E-state index contributed by atoms with van der Waals surface area (Å²) in [7, 11) is 1.61. The average molecular weight is 470 g/mol. The summed E-state index contributed by atoms with van der Waals surface area (Å²) in [4.78, 5) is 27.8. The first kappa shape index (κ1) is 21.7. The number of aromatic nitrogens is 1. The van der Waals surface area contributed by atoms with Gasteiger partial charge in [-0.15, -0.1) is 0 Å². The number of rotatable bonds is 5. The fourth-order valence-electron chi connectivity index (χ4n) is 5.82. The molecule has 3 aromatic carbocycles. The number of aliphatic hydroxyl groups is 1. The molecule has 1 aliphatic carbocycles. The van der Waals surface area contributed by atoms with Crippen molar-refractivity contribution >= 4 is 33.7 Å². The minimum absolute atomic E-state index is 0.0707. The van der Waals surface area contributed by atoms with Crippen LogP contribution >= 0.6 is 0 Å². The SMILES string of the molecule is COc1ccc2c(c1)CCC[C@@]21NC(=O)N(C[C@@H](O)Cn2c3ccccc3c3ccccc32)C1=O. The molecular formula is C28H27N3O4. The van der Waals surface area contributed by atoms with Crippen molar-refractivity contribution in [2.45, 2.75) is 37.5 Å². The summed E-state index contributed by atoms with van der Waals surface area (Å²) in [5, 5.41) is 16.3. The van der Waals surface area contributed by atoms with E-state index in [-0.39, 0.29) is 19.0 Å². The normalized spacial score (nSPS) is 20.5. The number of benzene rings is 3. The van der Waals surface area contributed by atoms with Crippen LogP contribution < -0.4 is 10.1 Å². The van der Waals surface area contributed by atoms with Crippen LogP contribution in [0.25, 0.3) is 21.8 Å². The monoisotopic (exact) mass is 469 g/mol. The Labute approximate surface area is 202 Å². The van der Waals surface area contributed by atoms with Gasteiger partial charge in [0.05, 0.1) is 26.3 Å². The number of β-amino-alcohol motifs (C(OH)–C–C–N with tert-alkyl or cyclic N) is 1. The number of hydrogen-bond donors (Lipinski definition) is 2. The molecule has 1 aliphatic heterocycles. The van der Waals surface area contributed by atoms with Gasteiger partial charge in [-0.2, -0.15) is 0 Å². The van der Waals surface area contributed by atoms with E-state index in [0.29, 0.717) is 6.42 Å². The first-order valence-electron chi connectivity index (χ1n) is 12.0. The predicted molar refractivity (Wildman–Crippen MR) is 133 cm³/mol. The summed E-state index contributed by atoms with van der Waals surface area (Å²) in [5.41, 5.74) is 2.77. The lowest BCUT2D eigenvalue weighted by molar-refractivity contribution is -0.133. The molecule has 6 rings (SSSR count). The number of methoxy groups -OCH3 is 1. The topological polar surface area (TPSA) is 83.8 Å². The van der Waals surface area contributed by atoms with Crippen molar-refractivity contribution in [3.63, 3.8) is 0 Å². The Bertz CT molecular complexity index is 1420. The fourth-order valence-corrected chi connectivity index (χ4v) is 5.82. The largest absolute Gasteiger partial charge is 0.497 e. The highest BCUT2D eigenvalue weighted by Gasteiger charge is 2.54. The van der Waals surface area contributed by atoms with Crippen LogP contribution in [0.4, 0.5) is 4.79 Å². The summed E-state index contributed by atoms with van der Waals surface area (Å²) in [6.45, 7) is 0.199. The molecular weight excluding hydrogens is 442 g/mol. The quantitative estimate of drug-likeness (QED) is 0.434. The summed E-state index contributed by atoms with van der Waals surface area (Å²) in [5.74, 6) is 0.436. The maximum Gasteiger partial charge on any atom is 0.325 e. The molecule has 4 aromatic rings. The van der Waals surface area contributed by atoms with Crippen molar-refractivity contribution < 1.29 is 19.4 Å². The van der Waals surface area contributed by atoms with Gasteiger partial charge < -0.3 is 19.7 Å². The van der Waals surface area contributed by atoms with E-state index in [0.717, 1.165) is 51.5 Å². The molecule has 35 heavy (non-hydrogen) atoms. The van der Waals surface area contributed by atoms with Gasteiger partial charge in [0.2, 0.25) is 0 Å². The van der Waals surface area contributed by atoms with Crippen LogP contribution in [-0.4, -0.2) is 46.3 Å². The number of para-hydroxylation sites is 2. The van der Waals surface area contributed by atoms with E-state index in [2.05, 4.69) is 22.0 Å². The number of imide groups is 1. The Morgan fingerprint density at radius 1 is 1.00 bits per heavy atom. The molecule has 0 saturated carbocycles. The zero-order valence-electron chi connectivity index (χ0n) is 19.5. The molecule has 7 heteroatoms. The number of nitrogens with one attached hydrogen (secondary N) is 1. The molecule has 2 atom stereocenters. The highest BCUT2D eigenvalue weighted by atomic mass is 16.5. The number of hydrogen-bond acceptors (Lipinski definition) is 4. The number of ether oxygens (including phenoxy) is 1. The number of urea groups is 1. The second-order valence-corrected chi connectivity index (χ2v) is 9.43. The average Bonchev–Trinajstić information content (AvgIpc) is 3.31. The van der Waals surface area contributed by atoms with Crippen molar-refractivity contribution in [1.82, 2.24) is 14.8 Å². The van der Waals surface area contributed by atoms with Crippen molar-refractivity contribution in [2.24, 2.45) is 0 Å². The maximum atomic E-state index is 13.7. The number of carbonyl (C=O) groups is 2. The Hall–Kier alpha value is -3.84. The molecule has 0 unspecified atom stereocenters. The lowest BCUT2D eigenvalue weighted by atomic mass is 9.76. The Kier molecular flexibility index (Phi) is 5.04. The molecule has 0 bridgehead atoms. The minimum Gasteiger partial charge on any atom is -0.497 e. The van der Waals surface area contributed by atoms with E-state index < -0.39 is 17.7 Å². The highest BCUT2D eigenvalue weighted by molar-refractivity contribution is 6.08. The van der Waals surface area contributed by atoms with Gasteiger partial charge in [-0.1, -0.05) is 42.5 Å². The van der Waals surface area contributed by atoms with E-state index in [9.17, 15) is 14.7 Å². The van der Waals surface area contributed by atoms with Crippen molar-refractivity contribution in [3.05, 3.63) is 77.9 Å². The van der Waals surface area contributed by atoms with Crippen molar-refractivity contribution in [3.8, 4) is 5.75 Å². The molecule has 2 N–H and O–H groups in total. The first-order valence-corrected chi connectivity index (χ1v) is 12.0. The first-order chi connectivity index (χ1) is 17.0. The molecule has 1 spiro atoms. The van der Waals surface area contributed by atoms with Crippen LogP contribution in [0, 0.1) is 0 Å². The second kappa shape index (κ2) is 8.13. The summed E-state index contributed by atoms with van der Waals surface area (Å²) in [6.07, 6.45) is 1.23. The fraction of sp³-hybridized carbons (Fsp3) is 0.286. The van der Waals surface area contributed by atoms with Crippen LogP contribution in [0.1, 0.15) is 24.0 Å². The molecule has 7 nitrogen and oxygen atoms in total. The summed E-state index contributed by atoms with van der Waals surface area (Å²) >= 11 is 0. The number of carbonyl (C=O) groups excluding carboxylic acids is 2. The van der Waals surface area contributed by atoms with E-state index in [4.69, 9.17) is 4.74 Å². The molecule has 2 aliphatic rings. The van der Waals surface area contributed by atoms with Gasteiger partial charge >= 0.3 is 6.03 Å². The third-order valence-electron chi connectivity index (χ3n) is 7.41. The number of nitrogens with zero attached hydrogens (tertiary/aromatic N) is 2. The zero-order chi connectivity index (χ0) is 24.2. The van der Waals surface area contributed by atoms with Gasteiger partial charge in [-0.05, 0) is 54.7 Å². The molecule has 0 radical (unpaired) electrons. The van der Waals surface area contributed by atoms with E-state index in [1.54, 1.807) is 7.11 Å². The van der Waals surface area contributed by atoms with Gasteiger partial charge in [0.25, 0.3) is 5.91 Å². The molecule has 1 fully saturated rings. The third kappa shape index (κ3) is 3.30. The number of aliphatic hydroxyl groups excluding tert-OH is 1. The van der Waals surface area contributed by atoms with Crippen LogP contribution in [0.5, 0.6) is 5.75 Å². The number of aryl methyl sites for hydroxylation is 1. The summed E-state index contributed by atoms with van der Waals surface area (Å²) < 4.78 is 7.41. The smallest absolute Gasteiger partial charge is 0.325 e. The number of amides is 3. The molecule has 3 amide bonds. The summed E-state index contributed by atoms with van der Waals surface area (Å²) in [6, 6.07) is 21.3. The number of fused-ring (bicyclic) bond motifs is 5. The molecule has 178 valence electrons. The molecule has 2 heterocycles. The van der Waals surface area contributed by atoms with E-state index >= 15 is 0 Å². The Morgan fingerprint density at radius 3 is 2.37 bits per heavy atom. The Morgan fingerprint density at radius 2 is 1.69 bits per heavy atom. The van der Waals surface area contributed by atoms with Gasteiger partial charge in [-0.3, -0.25) is 9.69 Å². The standard InChI is InChI=1S/C28H27N3O4/c1-35-20-12-13-23-18(15-20)7-6-14-28(23)26(33)31(27(34)29-28)17-19(32)16-30-24-10-4-2-8-21(24)22-9-3-5-11-25(22)30/h2-5,8-13,15,19,32H,6-7,14,16-17H2,1H3,(H,29,34)/t19-,28+/m0/s1. The van der Waals surface area contributed by atoms with Crippen molar-refractivity contribution in [1.29, 1.82) is 0 Å². The zero-order valence-corrected chi connectivity index (χ0v) is 19.5. The van der Waals surface area contributed by atoms with Crippen LogP contribution in [0.3, 0.4) is 0 Å². The minimum atomic E-state index is -1.08. The van der Waals surface area contributed by atoms with Gasteiger partial charge in [-0.25, -0.2) is 4.79 Å². The van der Waals surface area contributed by atoms with Crippen LogP contribution in [-0.2, 0) is 23.3 Å². The van der Waals surface area contributed by atoms with Gasteiger partial charge in [0, 0.05) is 21.8 Å². The van der Waals surface area contributed by atoms with E-state index in [1.165, 1.54) is 4.90 Å². The predicted octanol–water partition coefficient (Wildman–Crippen LogP) is 3.95. The van der Waals surface area contributed by atoms with Crippen LogP contribution in [0.15, 0.2) is 66.7 Å². The van der Waals surface area contributed by atoms with Crippen LogP contribution in [0.2, 0.25) is 0 Å². The maximum absolute atomic E-state index is 13.7. The van der Waals surface area contributed by atoms with Crippen molar-refractivity contribution in [2.75, 3.05) is 13.7 Å². The molecule has 1 aromatic heterocycles. The van der Waals surface area contributed by atoms with Gasteiger partial charge in [0.15, 0.2) is 0 Å².